The predicted octanol–water partition coefficient (Wildman–Crippen LogP) is 1.53. The molecule has 0 fully saturated rings. The van der Waals surface area contributed by atoms with Crippen LogP contribution in [0.2, 0.25) is 0 Å². The van der Waals surface area contributed by atoms with Crippen LogP contribution in [0.5, 0.6) is 5.75 Å². The molecule has 0 saturated heterocycles. The molecule has 2 N–H and O–H groups in total. The van der Waals surface area contributed by atoms with Gasteiger partial charge in [-0.05, 0) is 19.1 Å². The predicted molar refractivity (Wildman–Crippen MR) is 55.2 cm³/mol. The monoisotopic (exact) mass is 189 g/mol. The van der Waals surface area contributed by atoms with Crippen molar-refractivity contribution in [3.8, 4) is 5.75 Å². The Morgan fingerprint density at radius 1 is 1.29 bits per heavy atom. The first-order valence-electron chi connectivity index (χ1n) is 4.28. The molecule has 2 aromatic rings. The third-order valence-electron chi connectivity index (χ3n) is 2.05. The van der Waals surface area contributed by atoms with Crippen molar-refractivity contribution in [2.75, 3.05) is 12.8 Å². The summed E-state index contributed by atoms with van der Waals surface area (Å²) < 4.78 is 5.10. The van der Waals surface area contributed by atoms with Crippen molar-refractivity contribution in [3.05, 3.63) is 24.0 Å². The van der Waals surface area contributed by atoms with Gasteiger partial charge in [-0.15, -0.1) is 0 Å². The van der Waals surface area contributed by atoms with Crippen LogP contribution in [0.15, 0.2) is 18.2 Å². The van der Waals surface area contributed by atoms with Gasteiger partial charge in [-0.3, -0.25) is 0 Å². The van der Waals surface area contributed by atoms with E-state index in [9.17, 15) is 0 Å². The number of ether oxygens (including phenoxy) is 1. The zero-order valence-electron chi connectivity index (χ0n) is 8.11. The second-order valence-electron chi connectivity index (χ2n) is 3.04. The van der Waals surface area contributed by atoms with Gasteiger partial charge in [-0.2, -0.15) is 0 Å². The van der Waals surface area contributed by atoms with Gasteiger partial charge in [0.1, 0.15) is 17.4 Å². The van der Waals surface area contributed by atoms with Crippen LogP contribution >= 0.6 is 0 Å². The number of methoxy groups -OCH3 is 1. The highest BCUT2D eigenvalue weighted by molar-refractivity contribution is 5.88. The van der Waals surface area contributed by atoms with E-state index in [1.54, 1.807) is 7.11 Å². The third-order valence-corrected chi connectivity index (χ3v) is 2.05. The van der Waals surface area contributed by atoms with E-state index in [0.29, 0.717) is 11.6 Å². The van der Waals surface area contributed by atoms with Gasteiger partial charge >= 0.3 is 0 Å². The number of anilines is 1. The van der Waals surface area contributed by atoms with Crippen molar-refractivity contribution in [1.82, 2.24) is 9.97 Å². The standard InChI is InChI=1S/C10H11N3O/c1-6-12-9-5-7(14-2)3-4-8(9)10(11)13-6/h3-5H,1-2H3,(H2,11,12,13). The number of hydrogen-bond acceptors (Lipinski definition) is 4. The lowest BCUT2D eigenvalue weighted by Crippen LogP contribution is -1.97. The minimum absolute atomic E-state index is 0.509. The Morgan fingerprint density at radius 2 is 2.07 bits per heavy atom. The molecule has 0 aliphatic rings. The van der Waals surface area contributed by atoms with Crippen LogP contribution in [0.25, 0.3) is 10.9 Å². The molecule has 0 atom stereocenters. The molecule has 14 heavy (non-hydrogen) atoms. The second-order valence-corrected chi connectivity index (χ2v) is 3.04. The minimum atomic E-state index is 0.509. The zero-order chi connectivity index (χ0) is 10.1. The highest BCUT2D eigenvalue weighted by atomic mass is 16.5. The molecule has 0 aliphatic heterocycles. The zero-order valence-corrected chi connectivity index (χ0v) is 8.11. The van der Waals surface area contributed by atoms with Crippen molar-refractivity contribution < 1.29 is 4.74 Å². The first-order valence-corrected chi connectivity index (χ1v) is 4.28. The van der Waals surface area contributed by atoms with Crippen LogP contribution < -0.4 is 10.5 Å². The van der Waals surface area contributed by atoms with Crippen molar-refractivity contribution in [3.63, 3.8) is 0 Å². The Kier molecular flexibility index (Phi) is 1.96. The van der Waals surface area contributed by atoms with Crippen molar-refractivity contribution in [1.29, 1.82) is 0 Å². The van der Waals surface area contributed by atoms with Crippen LogP contribution in [0.3, 0.4) is 0 Å². The van der Waals surface area contributed by atoms with E-state index in [4.69, 9.17) is 10.5 Å². The van der Waals surface area contributed by atoms with Crippen molar-refractivity contribution in [2.24, 2.45) is 0 Å². The maximum Gasteiger partial charge on any atom is 0.135 e. The van der Waals surface area contributed by atoms with Gasteiger partial charge in [0.15, 0.2) is 0 Å². The maximum absolute atomic E-state index is 5.76. The molecule has 4 heteroatoms. The Morgan fingerprint density at radius 3 is 2.79 bits per heavy atom. The van der Waals surface area contributed by atoms with Crippen molar-refractivity contribution >= 4 is 16.7 Å². The largest absolute Gasteiger partial charge is 0.497 e. The molecule has 0 amide bonds. The topological polar surface area (TPSA) is 61.0 Å². The summed E-state index contributed by atoms with van der Waals surface area (Å²) >= 11 is 0. The van der Waals surface area contributed by atoms with E-state index in [1.807, 2.05) is 25.1 Å². The number of nitrogens with two attached hydrogens (primary N) is 1. The summed E-state index contributed by atoms with van der Waals surface area (Å²) in [4.78, 5) is 8.36. The fraction of sp³-hybridized carbons (Fsp3) is 0.200. The van der Waals surface area contributed by atoms with E-state index < -0.39 is 0 Å². The number of nitrogens with zero attached hydrogens (tertiary/aromatic N) is 2. The summed E-state index contributed by atoms with van der Waals surface area (Å²) in [5, 5.41) is 0.858. The Hall–Kier alpha value is -1.84. The molecule has 0 radical (unpaired) electrons. The van der Waals surface area contributed by atoms with E-state index in [2.05, 4.69) is 9.97 Å². The number of benzene rings is 1. The molecule has 0 bridgehead atoms. The normalized spacial score (nSPS) is 10.4. The number of fused-ring (bicyclic) bond motifs is 1. The Labute approximate surface area is 81.7 Å². The third kappa shape index (κ3) is 1.35. The molecule has 1 aromatic carbocycles. The maximum atomic E-state index is 5.76. The number of aromatic nitrogens is 2. The molecule has 2 rings (SSSR count). The van der Waals surface area contributed by atoms with E-state index in [0.717, 1.165) is 16.7 Å². The summed E-state index contributed by atoms with van der Waals surface area (Å²) in [5.41, 5.74) is 6.57. The fourth-order valence-electron chi connectivity index (χ4n) is 1.38. The smallest absolute Gasteiger partial charge is 0.135 e. The summed E-state index contributed by atoms with van der Waals surface area (Å²) in [6, 6.07) is 5.56. The van der Waals surface area contributed by atoms with Gasteiger partial charge in [0, 0.05) is 11.5 Å². The molecule has 72 valence electrons. The average Bonchev–Trinajstić information content (AvgIpc) is 2.16. The van der Waals surface area contributed by atoms with Crippen LogP contribution in [-0.2, 0) is 0 Å². The summed E-state index contributed by atoms with van der Waals surface area (Å²) in [7, 11) is 1.62. The number of nitrogen functional groups attached to an aromatic ring is 1. The number of aryl methyl sites for hydroxylation is 1. The highest BCUT2D eigenvalue weighted by Gasteiger charge is 2.03. The molecule has 4 nitrogen and oxygen atoms in total. The Balaban J connectivity index is 2.75. The summed E-state index contributed by atoms with van der Waals surface area (Å²) in [5.74, 6) is 1.95. The Bertz CT molecular complexity index is 482. The second kappa shape index (κ2) is 3.14. The SMILES string of the molecule is COc1ccc2c(N)nc(C)nc2c1. The molecule has 0 saturated carbocycles. The van der Waals surface area contributed by atoms with Gasteiger partial charge in [-0.25, -0.2) is 9.97 Å². The molecule has 0 spiro atoms. The highest BCUT2D eigenvalue weighted by Crippen LogP contribution is 2.22. The van der Waals surface area contributed by atoms with Crippen LogP contribution in [0.1, 0.15) is 5.82 Å². The van der Waals surface area contributed by atoms with Crippen molar-refractivity contribution in [2.45, 2.75) is 6.92 Å². The van der Waals surface area contributed by atoms with Crippen LogP contribution in [0.4, 0.5) is 5.82 Å². The van der Waals surface area contributed by atoms with E-state index >= 15 is 0 Å². The summed E-state index contributed by atoms with van der Waals surface area (Å²) in [6.45, 7) is 1.81. The fourth-order valence-corrected chi connectivity index (χ4v) is 1.38. The average molecular weight is 189 g/mol. The number of hydrogen-bond donors (Lipinski definition) is 1. The molecule has 1 heterocycles. The summed E-state index contributed by atoms with van der Waals surface area (Å²) in [6.07, 6.45) is 0. The van der Waals surface area contributed by atoms with Gasteiger partial charge < -0.3 is 10.5 Å². The van der Waals surface area contributed by atoms with Crippen LogP contribution in [-0.4, -0.2) is 17.1 Å². The molecular formula is C10H11N3O. The molecule has 0 aliphatic carbocycles. The first-order chi connectivity index (χ1) is 6.70. The lowest BCUT2D eigenvalue weighted by atomic mass is 10.2. The first kappa shape index (κ1) is 8.74. The minimum Gasteiger partial charge on any atom is -0.497 e. The van der Waals surface area contributed by atoms with E-state index in [1.165, 1.54) is 0 Å². The lowest BCUT2D eigenvalue weighted by molar-refractivity contribution is 0.415. The van der Waals surface area contributed by atoms with Gasteiger partial charge in [0.2, 0.25) is 0 Å². The van der Waals surface area contributed by atoms with Gasteiger partial charge in [0.05, 0.1) is 12.6 Å². The van der Waals surface area contributed by atoms with Gasteiger partial charge in [0.25, 0.3) is 0 Å². The van der Waals surface area contributed by atoms with E-state index in [-0.39, 0.29) is 0 Å². The lowest BCUT2D eigenvalue weighted by Gasteiger charge is -2.04. The number of rotatable bonds is 1. The quantitative estimate of drug-likeness (QED) is 0.739. The van der Waals surface area contributed by atoms with Crippen LogP contribution in [0, 0.1) is 6.92 Å². The molecule has 0 unspecified atom stereocenters. The molecule has 1 aromatic heterocycles. The van der Waals surface area contributed by atoms with Gasteiger partial charge in [-0.1, -0.05) is 0 Å². The molecular weight excluding hydrogens is 178 g/mol.